The number of rotatable bonds is 7. The van der Waals surface area contributed by atoms with Crippen molar-refractivity contribution in [2.75, 3.05) is 20.2 Å². The lowest BCUT2D eigenvalue weighted by molar-refractivity contribution is 0.182. The van der Waals surface area contributed by atoms with Gasteiger partial charge >= 0.3 is 0 Å². The average molecular weight is 341 g/mol. The van der Waals surface area contributed by atoms with E-state index in [0.717, 1.165) is 5.56 Å². The molecule has 0 fully saturated rings. The minimum Gasteiger partial charge on any atom is -0.492 e. The fourth-order valence-electron chi connectivity index (χ4n) is 2.32. The highest BCUT2D eigenvalue weighted by atomic mass is 19.1. The van der Waals surface area contributed by atoms with E-state index in [0.29, 0.717) is 30.7 Å². The third-order valence-electron chi connectivity index (χ3n) is 4.01. The third-order valence-corrected chi connectivity index (χ3v) is 4.01. The molecule has 1 aromatic heterocycles. The first-order valence-corrected chi connectivity index (χ1v) is 8.11. The maximum absolute atomic E-state index is 12.9. The predicted octanol–water partition coefficient (Wildman–Crippen LogP) is 3.95. The number of hydrogen-bond donors (Lipinski definition) is 0. The summed E-state index contributed by atoms with van der Waals surface area (Å²) in [6.45, 7) is 3.15. The highest BCUT2D eigenvalue weighted by Gasteiger charge is 2.19. The predicted molar refractivity (Wildman–Crippen MR) is 92.7 cm³/mol. The van der Waals surface area contributed by atoms with Crippen LogP contribution in [0.5, 0.6) is 5.75 Å². The Kier molecular flexibility index (Phi) is 5.40. The van der Waals surface area contributed by atoms with Crippen molar-refractivity contribution in [3.63, 3.8) is 0 Å². The SMILES string of the molecule is C[C@H](c1nnc(-c2ccccc2)o1)N(C)CCOc1ccc(F)cc1. The van der Waals surface area contributed by atoms with Gasteiger partial charge in [-0.3, -0.25) is 4.90 Å². The van der Waals surface area contributed by atoms with Crippen molar-refractivity contribution < 1.29 is 13.5 Å². The van der Waals surface area contributed by atoms with Gasteiger partial charge in [-0.05, 0) is 50.4 Å². The molecule has 3 aromatic rings. The molecule has 1 heterocycles. The van der Waals surface area contributed by atoms with Gasteiger partial charge in [-0.2, -0.15) is 0 Å². The number of nitrogens with zero attached hydrogens (tertiary/aromatic N) is 3. The lowest BCUT2D eigenvalue weighted by Crippen LogP contribution is -2.27. The number of ether oxygens (including phenoxy) is 1. The van der Waals surface area contributed by atoms with Gasteiger partial charge in [-0.15, -0.1) is 10.2 Å². The molecule has 0 unspecified atom stereocenters. The molecule has 2 aromatic carbocycles. The maximum atomic E-state index is 12.9. The summed E-state index contributed by atoms with van der Waals surface area (Å²) in [5, 5.41) is 8.26. The van der Waals surface area contributed by atoms with Crippen LogP contribution < -0.4 is 4.74 Å². The van der Waals surface area contributed by atoms with Gasteiger partial charge in [0.25, 0.3) is 0 Å². The summed E-state index contributed by atoms with van der Waals surface area (Å²) in [6, 6.07) is 15.6. The zero-order valence-electron chi connectivity index (χ0n) is 14.2. The van der Waals surface area contributed by atoms with Crippen molar-refractivity contribution in [1.29, 1.82) is 0 Å². The second-order valence-electron chi connectivity index (χ2n) is 5.77. The summed E-state index contributed by atoms with van der Waals surface area (Å²) < 4.78 is 24.3. The number of aromatic nitrogens is 2. The van der Waals surface area contributed by atoms with Crippen molar-refractivity contribution in [1.82, 2.24) is 15.1 Å². The fraction of sp³-hybridized carbons (Fsp3) is 0.263. The average Bonchev–Trinajstić information content (AvgIpc) is 3.13. The Morgan fingerprint density at radius 1 is 1.08 bits per heavy atom. The normalized spacial score (nSPS) is 12.3. The van der Waals surface area contributed by atoms with E-state index < -0.39 is 0 Å². The van der Waals surface area contributed by atoms with E-state index in [-0.39, 0.29) is 11.9 Å². The lowest BCUT2D eigenvalue weighted by Gasteiger charge is -2.21. The lowest BCUT2D eigenvalue weighted by atomic mass is 10.2. The standard InChI is InChI=1S/C19H20FN3O2/c1-14(18-21-22-19(25-18)15-6-4-3-5-7-15)23(2)12-13-24-17-10-8-16(20)9-11-17/h3-11,14H,12-13H2,1-2H3/t14-/m1/s1. The Bertz CT molecular complexity index is 790. The zero-order valence-corrected chi connectivity index (χ0v) is 14.2. The molecule has 0 amide bonds. The van der Waals surface area contributed by atoms with E-state index in [1.807, 2.05) is 44.3 Å². The molecular weight excluding hydrogens is 321 g/mol. The molecule has 0 saturated carbocycles. The molecule has 6 heteroatoms. The highest BCUT2D eigenvalue weighted by molar-refractivity contribution is 5.51. The maximum Gasteiger partial charge on any atom is 0.247 e. The van der Waals surface area contributed by atoms with Crippen LogP contribution >= 0.6 is 0 Å². The Balaban J connectivity index is 1.54. The zero-order chi connectivity index (χ0) is 17.6. The first kappa shape index (κ1) is 17.1. The van der Waals surface area contributed by atoms with E-state index in [1.54, 1.807) is 12.1 Å². The molecule has 25 heavy (non-hydrogen) atoms. The molecule has 0 radical (unpaired) electrons. The van der Waals surface area contributed by atoms with Crippen LogP contribution in [0.1, 0.15) is 18.9 Å². The van der Waals surface area contributed by atoms with Crippen molar-refractivity contribution in [3.05, 3.63) is 66.3 Å². The molecule has 5 nitrogen and oxygen atoms in total. The Morgan fingerprint density at radius 2 is 1.80 bits per heavy atom. The van der Waals surface area contributed by atoms with Gasteiger partial charge in [-0.1, -0.05) is 18.2 Å². The second kappa shape index (κ2) is 7.90. The summed E-state index contributed by atoms with van der Waals surface area (Å²) in [6.07, 6.45) is 0. The van der Waals surface area contributed by atoms with Crippen LogP contribution in [0.4, 0.5) is 4.39 Å². The molecule has 0 aliphatic carbocycles. The van der Waals surface area contributed by atoms with Crippen molar-refractivity contribution in [2.24, 2.45) is 0 Å². The van der Waals surface area contributed by atoms with E-state index in [9.17, 15) is 4.39 Å². The van der Waals surface area contributed by atoms with Gasteiger partial charge in [0, 0.05) is 12.1 Å². The monoisotopic (exact) mass is 341 g/mol. The second-order valence-corrected chi connectivity index (χ2v) is 5.77. The summed E-state index contributed by atoms with van der Waals surface area (Å²) >= 11 is 0. The minimum atomic E-state index is -0.274. The van der Waals surface area contributed by atoms with Crippen LogP contribution in [-0.4, -0.2) is 35.3 Å². The molecule has 130 valence electrons. The minimum absolute atomic E-state index is 0.0400. The molecule has 3 rings (SSSR count). The summed E-state index contributed by atoms with van der Waals surface area (Å²) in [4.78, 5) is 2.06. The highest BCUT2D eigenvalue weighted by Crippen LogP contribution is 2.22. The topological polar surface area (TPSA) is 51.4 Å². The van der Waals surface area contributed by atoms with Gasteiger partial charge in [0.15, 0.2) is 0 Å². The quantitative estimate of drug-likeness (QED) is 0.651. The summed E-state index contributed by atoms with van der Waals surface area (Å²) in [7, 11) is 1.96. The third kappa shape index (κ3) is 4.42. The van der Waals surface area contributed by atoms with Gasteiger partial charge in [0.2, 0.25) is 11.8 Å². The summed E-state index contributed by atoms with van der Waals surface area (Å²) in [5.41, 5.74) is 0.899. The smallest absolute Gasteiger partial charge is 0.247 e. The molecule has 0 aliphatic rings. The largest absolute Gasteiger partial charge is 0.492 e. The first-order valence-electron chi connectivity index (χ1n) is 8.11. The van der Waals surface area contributed by atoms with E-state index in [4.69, 9.17) is 9.15 Å². The molecule has 0 bridgehead atoms. The van der Waals surface area contributed by atoms with Gasteiger partial charge in [0.1, 0.15) is 18.2 Å². The molecule has 0 spiro atoms. The first-order chi connectivity index (χ1) is 12.1. The molecular formula is C19H20FN3O2. The van der Waals surface area contributed by atoms with Gasteiger partial charge < -0.3 is 9.15 Å². The molecule has 0 saturated heterocycles. The molecule has 0 aliphatic heterocycles. The van der Waals surface area contributed by atoms with Crippen molar-refractivity contribution in [2.45, 2.75) is 13.0 Å². The van der Waals surface area contributed by atoms with Gasteiger partial charge in [0.05, 0.1) is 6.04 Å². The van der Waals surface area contributed by atoms with Crippen LogP contribution in [0.3, 0.4) is 0 Å². The number of benzene rings is 2. The number of likely N-dealkylation sites (N-methyl/N-ethyl adjacent to an activating group) is 1. The Labute approximate surface area is 146 Å². The van der Waals surface area contributed by atoms with Crippen LogP contribution in [-0.2, 0) is 0 Å². The van der Waals surface area contributed by atoms with E-state index >= 15 is 0 Å². The Morgan fingerprint density at radius 3 is 2.52 bits per heavy atom. The molecule has 0 N–H and O–H groups in total. The van der Waals surface area contributed by atoms with E-state index in [1.165, 1.54) is 12.1 Å². The van der Waals surface area contributed by atoms with Crippen molar-refractivity contribution >= 4 is 0 Å². The number of hydrogen-bond acceptors (Lipinski definition) is 5. The van der Waals surface area contributed by atoms with Crippen LogP contribution in [0.15, 0.2) is 59.0 Å². The van der Waals surface area contributed by atoms with Crippen LogP contribution in [0.25, 0.3) is 11.5 Å². The van der Waals surface area contributed by atoms with Crippen molar-refractivity contribution in [3.8, 4) is 17.2 Å². The van der Waals surface area contributed by atoms with E-state index in [2.05, 4.69) is 15.1 Å². The molecule has 1 atom stereocenters. The Hall–Kier alpha value is -2.73. The van der Waals surface area contributed by atoms with Gasteiger partial charge in [-0.25, -0.2) is 4.39 Å². The fourth-order valence-corrected chi connectivity index (χ4v) is 2.32. The summed E-state index contributed by atoms with van der Waals surface area (Å²) in [5.74, 6) is 1.44. The van der Waals surface area contributed by atoms with Crippen LogP contribution in [0, 0.1) is 5.82 Å². The van der Waals surface area contributed by atoms with Crippen LogP contribution in [0.2, 0.25) is 0 Å². The number of halogens is 1.